The van der Waals surface area contributed by atoms with E-state index in [-0.39, 0.29) is 0 Å². The molecule has 0 radical (unpaired) electrons. The molecule has 2 aliphatic rings. The summed E-state index contributed by atoms with van der Waals surface area (Å²) < 4.78 is 0. The second kappa shape index (κ2) is 15.4. The van der Waals surface area contributed by atoms with Gasteiger partial charge in [0.1, 0.15) is 0 Å². The molecule has 9 aromatic carbocycles. The Morgan fingerprint density at radius 1 is 0.312 bits per heavy atom. The minimum atomic E-state index is -2.87. The van der Waals surface area contributed by atoms with Crippen LogP contribution in [0.25, 0.3) is 11.4 Å². The Morgan fingerprint density at radius 2 is 0.656 bits per heavy atom. The van der Waals surface area contributed by atoms with Crippen molar-refractivity contribution in [2.75, 3.05) is 9.80 Å². The lowest BCUT2D eigenvalue weighted by Crippen LogP contribution is -2.77. The van der Waals surface area contributed by atoms with E-state index in [1.54, 1.807) is 0 Å². The maximum absolute atomic E-state index is 5.65. The fourth-order valence-corrected chi connectivity index (χ4v) is 20.7. The van der Waals surface area contributed by atoms with Gasteiger partial charge in [-0.15, -0.1) is 10.4 Å². The molecule has 3 heterocycles. The predicted molar refractivity (Wildman–Crippen MR) is 269 cm³/mol. The highest BCUT2D eigenvalue weighted by Gasteiger charge is 2.49. The van der Waals surface area contributed by atoms with Crippen LogP contribution in [0.2, 0.25) is 0 Å². The first-order chi connectivity index (χ1) is 31.8. The number of aromatic nitrogens is 3. The van der Waals surface area contributed by atoms with Gasteiger partial charge in [-0.2, -0.15) is 25.3 Å². The van der Waals surface area contributed by atoms with Crippen molar-refractivity contribution in [3.05, 3.63) is 249 Å². The molecule has 7 heteroatoms. The molecule has 0 atom stereocenters. The molecule has 2 aliphatic heterocycles. The van der Waals surface area contributed by atoms with Gasteiger partial charge in [0.05, 0.1) is 0 Å². The quantitative estimate of drug-likeness (QED) is 0.153. The van der Waals surface area contributed by atoms with Crippen LogP contribution in [0.1, 0.15) is 0 Å². The van der Waals surface area contributed by atoms with Gasteiger partial charge in [-0.3, -0.25) is 9.80 Å². The van der Waals surface area contributed by atoms with E-state index in [4.69, 9.17) is 15.0 Å². The van der Waals surface area contributed by atoms with E-state index < -0.39 is 16.1 Å². The molecule has 0 saturated heterocycles. The highest BCUT2D eigenvalue weighted by atomic mass is 28.3. The third kappa shape index (κ3) is 5.65. The molecule has 10 aromatic rings. The van der Waals surface area contributed by atoms with Gasteiger partial charge in [-0.1, -0.05) is 224 Å². The van der Waals surface area contributed by atoms with Gasteiger partial charge in [0.15, 0.2) is 13.9 Å². The highest BCUT2D eigenvalue weighted by molar-refractivity contribution is 7.22. The number of hydrogen-bond donors (Lipinski definition) is 0. The molecular weight excluding hydrogens is 811 g/mol. The molecule has 0 spiro atoms. The Balaban J connectivity index is 1.14. The van der Waals surface area contributed by atoms with Crippen LogP contribution in [0.15, 0.2) is 249 Å². The topological polar surface area (TPSA) is 45.2 Å². The minimum Gasteiger partial charge on any atom is -0.285 e. The summed E-state index contributed by atoms with van der Waals surface area (Å²) in [5, 5.41) is 10.4. The molecule has 0 amide bonds. The van der Waals surface area contributed by atoms with E-state index in [0.717, 1.165) is 28.3 Å². The summed E-state index contributed by atoms with van der Waals surface area (Å²) in [4.78, 5) is 21.1. The molecule has 0 bridgehead atoms. The maximum atomic E-state index is 5.65. The first-order valence-electron chi connectivity index (χ1n) is 21.8. The maximum Gasteiger partial charge on any atom is 0.240 e. The van der Waals surface area contributed by atoms with Crippen LogP contribution in [0.5, 0.6) is 0 Å². The molecule has 1 aromatic heterocycles. The standard InChI is InChI=1S/C57H41N5Si2/c1-6-24-42(25-7-1)55-58-56(61-47-34-16-20-38-51(47)63(43-26-8-2-9-27-43,44-28-10-3-11-29-44)52-39-21-17-35-48(52)61)60-57(59-55)62-49-36-18-22-40-53(49)64(45-30-12-4-13-31-45,46-32-14-5-15-33-46)54-41-23-19-37-50(54)62/h1-41H/q-1. The van der Waals surface area contributed by atoms with E-state index in [1.807, 2.05) is 6.07 Å². The van der Waals surface area contributed by atoms with E-state index in [1.165, 1.54) is 41.5 Å². The smallest absolute Gasteiger partial charge is 0.240 e. The number of fused-ring (bicyclic) bond motifs is 4. The van der Waals surface area contributed by atoms with Gasteiger partial charge >= 0.3 is 0 Å². The third-order valence-electron chi connectivity index (χ3n) is 13.1. The van der Waals surface area contributed by atoms with E-state index in [2.05, 4.69) is 252 Å². The SMILES string of the molecule is c1ccc(-c2nc(N3c4ccccc4[Si](c4ccccc4)(c4ccccc4)c4ccccc43)nc(N3c4ccccc4[Si-](c4ccccc4)(c4ccccc4)c4ccccc43)n2)cc1. The third-order valence-corrected chi connectivity index (χ3v) is 22.8. The van der Waals surface area contributed by atoms with Gasteiger partial charge in [0.2, 0.25) is 11.9 Å². The van der Waals surface area contributed by atoms with Crippen LogP contribution in [0.3, 0.4) is 0 Å². The summed E-state index contributed by atoms with van der Waals surface area (Å²) in [7, 11) is -5.74. The lowest BCUT2D eigenvalue weighted by molar-refractivity contribution is 0.990. The molecule has 303 valence electrons. The van der Waals surface area contributed by atoms with Crippen molar-refractivity contribution in [3.8, 4) is 11.4 Å². The van der Waals surface area contributed by atoms with Crippen LogP contribution >= 0.6 is 0 Å². The molecule has 0 fully saturated rings. The monoisotopic (exact) mass is 851 g/mol. The average molecular weight is 852 g/mol. The molecular formula is C57H41N5Si2-. The van der Waals surface area contributed by atoms with Crippen LogP contribution < -0.4 is 51.3 Å². The summed E-state index contributed by atoms with van der Waals surface area (Å²) in [6, 6.07) is 90.3. The van der Waals surface area contributed by atoms with Gasteiger partial charge in [0.25, 0.3) is 0 Å². The lowest BCUT2D eigenvalue weighted by atomic mass is 10.2. The number of hydrogen-bond acceptors (Lipinski definition) is 5. The zero-order chi connectivity index (χ0) is 42.5. The van der Waals surface area contributed by atoms with Crippen LogP contribution in [-0.4, -0.2) is 31.1 Å². The molecule has 0 N–H and O–H groups in total. The van der Waals surface area contributed by atoms with Gasteiger partial charge in [-0.25, -0.2) is 0 Å². The Hall–Kier alpha value is -7.98. The first-order valence-corrected chi connectivity index (χ1v) is 25.8. The van der Waals surface area contributed by atoms with E-state index in [0.29, 0.717) is 17.7 Å². The van der Waals surface area contributed by atoms with Crippen LogP contribution in [-0.2, 0) is 0 Å². The summed E-state index contributed by atoms with van der Waals surface area (Å²) in [6.45, 7) is 0. The molecule has 64 heavy (non-hydrogen) atoms. The fourth-order valence-electron chi connectivity index (χ4n) is 10.5. The Bertz CT molecular complexity index is 2920. The highest BCUT2D eigenvalue weighted by Crippen LogP contribution is 2.41. The second-order valence-corrected chi connectivity index (χ2v) is 23.8. The van der Waals surface area contributed by atoms with Gasteiger partial charge in [0, 0.05) is 28.3 Å². The van der Waals surface area contributed by atoms with Crippen molar-refractivity contribution >= 4 is 92.3 Å². The van der Waals surface area contributed by atoms with Crippen molar-refractivity contribution in [3.63, 3.8) is 0 Å². The van der Waals surface area contributed by atoms with Crippen LogP contribution in [0.4, 0.5) is 34.6 Å². The number of rotatable bonds is 7. The molecule has 0 saturated carbocycles. The number of benzene rings is 9. The predicted octanol–water partition coefficient (Wildman–Crippen LogP) is 7.86. The number of nitrogens with zero attached hydrogens (tertiary/aromatic N) is 5. The van der Waals surface area contributed by atoms with Gasteiger partial charge < -0.3 is 0 Å². The summed E-state index contributed by atoms with van der Waals surface area (Å²) >= 11 is 0. The van der Waals surface area contributed by atoms with E-state index in [9.17, 15) is 0 Å². The van der Waals surface area contributed by atoms with Crippen molar-refractivity contribution in [1.29, 1.82) is 0 Å². The molecule has 12 rings (SSSR count). The fraction of sp³-hybridized carbons (Fsp3) is 0. The lowest BCUT2D eigenvalue weighted by Gasteiger charge is -2.54. The Kier molecular flexibility index (Phi) is 9.10. The number of anilines is 6. The average Bonchev–Trinajstić information content (AvgIpc) is 3.38. The molecule has 0 aliphatic carbocycles. The summed E-state index contributed by atoms with van der Waals surface area (Å²) in [6.07, 6.45) is 0. The van der Waals surface area contributed by atoms with E-state index >= 15 is 0 Å². The van der Waals surface area contributed by atoms with Crippen molar-refractivity contribution in [2.24, 2.45) is 0 Å². The largest absolute Gasteiger partial charge is 0.285 e. The van der Waals surface area contributed by atoms with Crippen LogP contribution in [0, 0.1) is 0 Å². The normalized spacial score (nSPS) is 14.1. The minimum absolute atomic E-state index is 0.558. The van der Waals surface area contributed by atoms with Crippen molar-refractivity contribution < 1.29 is 0 Å². The second-order valence-electron chi connectivity index (χ2n) is 16.3. The number of para-hydroxylation sites is 4. The molecule has 0 unspecified atom stereocenters. The van der Waals surface area contributed by atoms with Gasteiger partial charge in [-0.05, 0) is 53.1 Å². The Morgan fingerprint density at radius 3 is 1.11 bits per heavy atom. The summed E-state index contributed by atoms with van der Waals surface area (Å²) in [5.74, 6) is 1.72. The van der Waals surface area contributed by atoms with Crippen molar-refractivity contribution in [2.45, 2.75) is 0 Å². The Labute approximate surface area is 375 Å². The zero-order valence-corrected chi connectivity index (χ0v) is 36.9. The zero-order valence-electron chi connectivity index (χ0n) is 34.9. The van der Waals surface area contributed by atoms with Crippen molar-refractivity contribution in [1.82, 2.24) is 15.0 Å². The summed E-state index contributed by atoms with van der Waals surface area (Å²) in [5.41, 5.74) is 5.18. The molecule has 5 nitrogen and oxygen atoms in total. The first kappa shape index (κ1) is 37.8.